The van der Waals surface area contributed by atoms with Gasteiger partial charge in [-0.2, -0.15) is 0 Å². The summed E-state index contributed by atoms with van der Waals surface area (Å²) >= 11 is 3.47. The zero-order valence-corrected chi connectivity index (χ0v) is 21.8. The lowest BCUT2D eigenvalue weighted by Crippen LogP contribution is -2.29. The third-order valence-corrected chi connectivity index (χ3v) is 6.96. The maximum Gasteiger partial charge on any atom is 0.300 e. The predicted molar refractivity (Wildman–Crippen MR) is 142 cm³/mol. The lowest BCUT2D eigenvalue weighted by atomic mass is 9.94. The Hall–Kier alpha value is -3.38. The van der Waals surface area contributed by atoms with Crippen molar-refractivity contribution in [3.05, 3.63) is 99.0 Å². The van der Waals surface area contributed by atoms with Crippen molar-refractivity contribution >= 4 is 39.1 Å². The van der Waals surface area contributed by atoms with Crippen molar-refractivity contribution in [1.82, 2.24) is 0 Å². The molecule has 0 radical (unpaired) electrons. The average molecular weight is 534 g/mol. The average Bonchev–Trinajstić information content (AvgIpc) is 3.11. The fourth-order valence-electron chi connectivity index (χ4n) is 4.25. The van der Waals surface area contributed by atoms with Gasteiger partial charge in [0, 0.05) is 15.7 Å². The number of anilines is 1. The quantitative estimate of drug-likeness (QED) is 0.216. The van der Waals surface area contributed by atoms with Gasteiger partial charge in [0.05, 0.1) is 17.7 Å². The lowest BCUT2D eigenvalue weighted by molar-refractivity contribution is -0.132. The molecule has 0 aliphatic carbocycles. The smallest absolute Gasteiger partial charge is 0.300 e. The molecule has 6 heteroatoms. The van der Waals surface area contributed by atoms with Gasteiger partial charge in [-0.05, 0) is 80.3 Å². The van der Waals surface area contributed by atoms with E-state index in [4.69, 9.17) is 4.74 Å². The zero-order valence-electron chi connectivity index (χ0n) is 20.2. The molecule has 4 rings (SSSR count). The number of hydrogen-bond donors (Lipinski definition) is 1. The number of aliphatic hydroxyl groups is 1. The molecule has 1 unspecified atom stereocenters. The van der Waals surface area contributed by atoms with Crippen LogP contribution in [0.1, 0.15) is 49.1 Å². The maximum absolute atomic E-state index is 13.3. The Bertz CT molecular complexity index is 1290. The Morgan fingerprint density at radius 1 is 1.03 bits per heavy atom. The van der Waals surface area contributed by atoms with Gasteiger partial charge < -0.3 is 9.84 Å². The van der Waals surface area contributed by atoms with Crippen molar-refractivity contribution in [3.63, 3.8) is 0 Å². The van der Waals surface area contributed by atoms with Crippen LogP contribution in [0.25, 0.3) is 5.76 Å². The molecular weight excluding hydrogens is 506 g/mol. The van der Waals surface area contributed by atoms with Crippen LogP contribution in [0, 0.1) is 6.92 Å². The van der Waals surface area contributed by atoms with Gasteiger partial charge >= 0.3 is 0 Å². The number of aryl methyl sites for hydroxylation is 2. The van der Waals surface area contributed by atoms with Gasteiger partial charge in [-0.1, -0.05) is 53.2 Å². The summed E-state index contributed by atoms with van der Waals surface area (Å²) in [7, 11) is 0. The Morgan fingerprint density at radius 2 is 1.69 bits per heavy atom. The monoisotopic (exact) mass is 533 g/mol. The third kappa shape index (κ3) is 4.89. The second-order valence-electron chi connectivity index (χ2n) is 8.89. The first-order valence-electron chi connectivity index (χ1n) is 11.6. The van der Waals surface area contributed by atoms with Gasteiger partial charge in [-0.15, -0.1) is 0 Å². The van der Waals surface area contributed by atoms with E-state index in [0.717, 1.165) is 27.6 Å². The number of ketones is 1. The molecule has 1 fully saturated rings. The number of ether oxygens (including phenoxy) is 1. The highest BCUT2D eigenvalue weighted by Gasteiger charge is 2.47. The zero-order chi connectivity index (χ0) is 25.3. The first-order valence-corrected chi connectivity index (χ1v) is 12.4. The van der Waals surface area contributed by atoms with Crippen molar-refractivity contribution < 1.29 is 19.4 Å². The van der Waals surface area contributed by atoms with Crippen LogP contribution in [0.2, 0.25) is 0 Å². The van der Waals surface area contributed by atoms with E-state index in [0.29, 0.717) is 17.0 Å². The molecule has 3 aromatic carbocycles. The molecular formula is C29H28BrNO4. The Labute approximate surface area is 214 Å². The van der Waals surface area contributed by atoms with Crippen LogP contribution < -0.4 is 9.64 Å². The van der Waals surface area contributed by atoms with Crippen LogP contribution in [-0.2, 0) is 16.0 Å². The van der Waals surface area contributed by atoms with E-state index in [-0.39, 0.29) is 17.4 Å². The first-order chi connectivity index (χ1) is 16.7. The molecule has 1 aliphatic rings. The minimum atomic E-state index is -0.762. The summed E-state index contributed by atoms with van der Waals surface area (Å²) < 4.78 is 6.62. The lowest BCUT2D eigenvalue weighted by Gasteiger charge is -2.26. The topological polar surface area (TPSA) is 66.8 Å². The van der Waals surface area contributed by atoms with Gasteiger partial charge in [-0.3, -0.25) is 14.5 Å². The molecule has 0 bridgehead atoms. The van der Waals surface area contributed by atoms with E-state index in [1.54, 1.807) is 36.4 Å². The maximum atomic E-state index is 13.3. The Balaban J connectivity index is 1.87. The van der Waals surface area contributed by atoms with Crippen molar-refractivity contribution in [2.24, 2.45) is 0 Å². The summed E-state index contributed by atoms with van der Waals surface area (Å²) in [6.45, 7) is 7.85. The van der Waals surface area contributed by atoms with E-state index in [2.05, 4.69) is 22.9 Å². The van der Waals surface area contributed by atoms with Crippen molar-refractivity contribution in [2.45, 2.75) is 46.3 Å². The number of halogens is 1. The molecule has 1 aliphatic heterocycles. The minimum absolute atomic E-state index is 0.0153. The van der Waals surface area contributed by atoms with Crippen LogP contribution in [0.4, 0.5) is 5.69 Å². The normalized spacial score (nSPS) is 17.3. The number of benzene rings is 3. The van der Waals surface area contributed by atoms with E-state index in [1.807, 2.05) is 51.1 Å². The fourth-order valence-corrected chi connectivity index (χ4v) is 4.50. The van der Waals surface area contributed by atoms with Gasteiger partial charge in [0.15, 0.2) is 0 Å². The molecule has 180 valence electrons. The molecule has 1 N–H and O–H groups in total. The minimum Gasteiger partial charge on any atom is -0.507 e. The number of hydrogen-bond acceptors (Lipinski definition) is 4. The predicted octanol–water partition coefficient (Wildman–Crippen LogP) is 6.73. The molecule has 5 nitrogen and oxygen atoms in total. The van der Waals surface area contributed by atoms with Gasteiger partial charge in [0.2, 0.25) is 0 Å². The molecule has 1 saturated heterocycles. The van der Waals surface area contributed by atoms with Crippen LogP contribution in [0.5, 0.6) is 5.75 Å². The number of nitrogens with zero attached hydrogens (tertiary/aromatic N) is 1. The van der Waals surface area contributed by atoms with Crippen LogP contribution in [-0.4, -0.2) is 22.9 Å². The van der Waals surface area contributed by atoms with Crippen molar-refractivity contribution in [3.8, 4) is 5.75 Å². The molecule has 1 amide bonds. The number of Topliss-reactive ketones (excluding diaryl/α,β-unsaturated/α-hetero) is 1. The van der Waals surface area contributed by atoms with Gasteiger partial charge in [0.1, 0.15) is 11.5 Å². The summed E-state index contributed by atoms with van der Waals surface area (Å²) in [5, 5.41) is 11.3. The van der Waals surface area contributed by atoms with E-state index >= 15 is 0 Å². The largest absolute Gasteiger partial charge is 0.507 e. The highest BCUT2D eigenvalue weighted by Crippen LogP contribution is 2.42. The molecule has 0 aromatic heterocycles. The second kappa shape index (κ2) is 10.1. The number of carbonyl (C=O) groups excluding carboxylic acids is 2. The molecule has 1 atom stereocenters. The molecule has 0 saturated carbocycles. The Morgan fingerprint density at radius 3 is 2.26 bits per heavy atom. The summed E-state index contributed by atoms with van der Waals surface area (Å²) in [6, 6.07) is 19.5. The summed E-state index contributed by atoms with van der Waals surface area (Å²) in [6.07, 6.45) is 0.886. The fraction of sp³-hybridized carbons (Fsp3) is 0.241. The van der Waals surface area contributed by atoms with Crippen LogP contribution in [0.15, 0.2) is 76.8 Å². The number of rotatable bonds is 6. The molecule has 35 heavy (non-hydrogen) atoms. The van der Waals surface area contributed by atoms with Gasteiger partial charge in [0.25, 0.3) is 11.7 Å². The standard InChI is InChI=1S/C29H28BrNO4/c1-5-19-6-8-20(9-7-19)26-25(27(32)21-10-15-24(30)18(4)16-21)28(33)29(34)31(26)22-11-13-23(14-12-22)35-17(2)3/h6-17,26,32H,5H2,1-4H3/b27-25-. The van der Waals surface area contributed by atoms with Crippen molar-refractivity contribution in [1.29, 1.82) is 0 Å². The Kier molecular flexibility index (Phi) is 7.13. The molecule has 0 spiro atoms. The van der Waals surface area contributed by atoms with E-state index in [9.17, 15) is 14.7 Å². The molecule has 1 heterocycles. The summed E-state index contributed by atoms with van der Waals surface area (Å²) in [4.78, 5) is 28.1. The van der Waals surface area contributed by atoms with Crippen molar-refractivity contribution in [2.75, 3.05) is 4.90 Å². The summed E-state index contributed by atoms with van der Waals surface area (Å²) in [5.74, 6) is -0.905. The van der Waals surface area contributed by atoms with E-state index < -0.39 is 17.7 Å². The van der Waals surface area contributed by atoms with Crippen LogP contribution >= 0.6 is 15.9 Å². The van der Waals surface area contributed by atoms with Gasteiger partial charge in [-0.25, -0.2) is 0 Å². The number of carbonyl (C=O) groups is 2. The SMILES string of the molecule is CCc1ccc(C2/C(=C(/O)c3ccc(Br)c(C)c3)C(=O)C(=O)N2c2ccc(OC(C)C)cc2)cc1. The highest BCUT2D eigenvalue weighted by molar-refractivity contribution is 9.10. The summed E-state index contributed by atoms with van der Waals surface area (Å²) in [5.41, 5.74) is 3.92. The third-order valence-electron chi connectivity index (χ3n) is 6.07. The number of amides is 1. The van der Waals surface area contributed by atoms with Crippen LogP contribution in [0.3, 0.4) is 0 Å². The second-order valence-corrected chi connectivity index (χ2v) is 9.74. The first kappa shape index (κ1) is 24.7. The number of aliphatic hydroxyl groups excluding tert-OH is 1. The molecule has 3 aromatic rings. The van der Waals surface area contributed by atoms with E-state index in [1.165, 1.54) is 4.90 Å². The highest BCUT2D eigenvalue weighted by atomic mass is 79.9.